The zero-order chi connectivity index (χ0) is 14.8. The highest BCUT2D eigenvalue weighted by atomic mass is 79.9. The summed E-state index contributed by atoms with van der Waals surface area (Å²) in [5, 5.41) is 3.30. The van der Waals surface area contributed by atoms with E-state index in [1.165, 1.54) is 0 Å². The maximum absolute atomic E-state index is 11.4. The van der Waals surface area contributed by atoms with E-state index >= 15 is 0 Å². The van der Waals surface area contributed by atoms with Crippen LogP contribution in [0.1, 0.15) is 24.2 Å². The summed E-state index contributed by atoms with van der Waals surface area (Å²) in [7, 11) is 0. The van der Waals surface area contributed by atoms with Crippen LogP contribution in [0.5, 0.6) is 5.75 Å². The maximum Gasteiger partial charge on any atom is 0.252 e. The first-order valence-electron chi connectivity index (χ1n) is 6.48. The Kier molecular flexibility index (Phi) is 4.67. The third-order valence-electron chi connectivity index (χ3n) is 3.04. The molecule has 1 saturated heterocycles. The Labute approximate surface area is 126 Å². The van der Waals surface area contributed by atoms with Crippen LogP contribution < -0.4 is 15.8 Å². The van der Waals surface area contributed by atoms with Crippen LogP contribution in [0, 0.1) is 0 Å². The van der Waals surface area contributed by atoms with Gasteiger partial charge in [0.25, 0.3) is 5.91 Å². The molecule has 1 unspecified atom stereocenters. The van der Waals surface area contributed by atoms with Gasteiger partial charge in [0.1, 0.15) is 18.5 Å². The topological polar surface area (TPSA) is 73.6 Å². The van der Waals surface area contributed by atoms with Crippen molar-refractivity contribution in [1.82, 2.24) is 5.32 Å². The Hall–Kier alpha value is -1.11. The molecule has 0 saturated carbocycles. The van der Waals surface area contributed by atoms with Gasteiger partial charge in [-0.25, -0.2) is 0 Å². The smallest absolute Gasteiger partial charge is 0.252 e. The quantitative estimate of drug-likeness (QED) is 0.873. The number of primary amides is 1. The fourth-order valence-corrected chi connectivity index (χ4v) is 2.50. The van der Waals surface area contributed by atoms with Crippen molar-refractivity contribution in [2.45, 2.75) is 25.6 Å². The number of halogens is 1. The van der Waals surface area contributed by atoms with E-state index in [1.807, 2.05) is 13.8 Å². The standard InChI is InChI=1S/C14H19BrN2O3/c1-14(2)8-17-6-10(20-14)7-19-12-5-9(15)3-4-11(12)13(16)18/h3-5,10,17H,6-8H2,1-2H3,(H2,16,18). The molecule has 0 bridgehead atoms. The predicted octanol–water partition coefficient (Wildman–Crippen LogP) is 1.69. The lowest BCUT2D eigenvalue weighted by molar-refractivity contribution is -0.107. The lowest BCUT2D eigenvalue weighted by Crippen LogP contribution is -2.52. The van der Waals surface area contributed by atoms with Crippen molar-refractivity contribution in [1.29, 1.82) is 0 Å². The van der Waals surface area contributed by atoms with Crippen molar-refractivity contribution < 1.29 is 14.3 Å². The molecule has 5 nitrogen and oxygen atoms in total. The van der Waals surface area contributed by atoms with Crippen LogP contribution in [0.2, 0.25) is 0 Å². The van der Waals surface area contributed by atoms with Gasteiger partial charge in [-0.15, -0.1) is 0 Å². The number of carbonyl (C=O) groups is 1. The number of hydrogen-bond donors (Lipinski definition) is 2. The van der Waals surface area contributed by atoms with E-state index < -0.39 is 5.91 Å². The van der Waals surface area contributed by atoms with Gasteiger partial charge < -0.3 is 20.5 Å². The van der Waals surface area contributed by atoms with Crippen molar-refractivity contribution >= 4 is 21.8 Å². The maximum atomic E-state index is 11.4. The Bertz CT molecular complexity index is 505. The van der Waals surface area contributed by atoms with Gasteiger partial charge in [-0.05, 0) is 32.0 Å². The SMILES string of the molecule is CC1(C)CNCC(COc2cc(Br)ccc2C(N)=O)O1. The minimum Gasteiger partial charge on any atom is -0.490 e. The molecule has 1 aliphatic rings. The van der Waals surface area contributed by atoms with Crippen LogP contribution in [0.4, 0.5) is 0 Å². The Balaban J connectivity index is 2.03. The van der Waals surface area contributed by atoms with Crippen molar-refractivity contribution in [3.63, 3.8) is 0 Å². The van der Waals surface area contributed by atoms with Crippen LogP contribution in [0.3, 0.4) is 0 Å². The summed E-state index contributed by atoms with van der Waals surface area (Å²) >= 11 is 3.35. The van der Waals surface area contributed by atoms with Crippen LogP contribution in [0.15, 0.2) is 22.7 Å². The second kappa shape index (κ2) is 6.11. The third-order valence-corrected chi connectivity index (χ3v) is 3.54. The highest BCUT2D eigenvalue weighted by Gasteiger charge is 2.28. The molecule has 1 aromatic rings. The Morgan fingerprint density at radius 2 is 2.35 bits per heavy atom. The second-order valence-electron chi connectivity index (χ2n) is 5.45. The highest BCUT2D eigenvalue weighted by molar-refractivity contribution is 9.10. The molecule has 3 N–H and O–H groups in total. The zero-order valence-corrected chi connectivity index (χ0v) is 13.2. The van der Waals surface area contributed by atoms with Gasteiger partial charge in [0.15, 0.2) is 0 Å². The van der Waals surface area contributed by atoms with Gasteiger partial charge in [0.05, 0.1) is 11.2 Å². The zero-order valence-electron chi connectivity index (χ0n) is 11.6. The number of hydrogen-bond acceptors (Lipinski definition) is 4. The predicted molar refractivity (Wildman–Crippen MR) is 80.0 cm³/mol. The van der Waals surface area contributed by atoms with E-state index in [-0.39, 0.29) is 11.7 Å². The molecule has 1 aliphatic heterocycles. The molecular formula is C14H19BrN2O3. The van der Waals surface area contributed by atoms with Gasteiger partial charge >= 0.3 is 0 Å². The molecule has 0 radical (unpaired) electrons. The summed E-state index contributed by atoms with van der Waals surface area (Å²) in [6, 6.07) is 5.14. The first kappa shape index (κ1) is 15.3. The Morgan fingerprint density at radius 1 is 1.60 bits per heavy atom. The van der Waals surface area contributed by atoms with Crippen LogP contribution in [-0.4, -0.2) is 37.3 Å². The molecule has 6 heteroatoms. The number of amides is 1. The molecular weight excluding hydrogens is 324 g/mol. The molecule has 0 spiro atoms. The molecule has 1 heterocycles. The summed E-state index contributed by atoms with van der Waals surface area (Å²) in [4.78, 5) is 11.4. The molecule has 2 rings (SSSR count). The Morgan fingerprint density at radius 3 is 3.00 bits per heavy atom. The van der Waals surface area contributed by atoms with Gasteiger partial charge in [0.2, 0.25) is 0 Å². The molecule has 1 atom stereocenters. The molecule has 1 fully saturated rings. The molecule has 0 aliphatic carbocycles. The normalized spacial score (nSPS) is 21.4. The second-order valence-corrected chi connectivity index (χ2v) is 6.36. The third kappa shape index (κ3) is 3.94. The summed E-state index contributed by atoms with van der Waals surface area (Å²) in [6.07, 6.45) is -0.0570. The number of morpholine rings is 1. The monoisotopic (exact) mass is 342 g/mol. The van der Waals surface area contributed by atoms with Crippen LogP contribution in [-0.2, 0) is 4.74 Å². The number of rotatable bonds is 4. The average Bonchev–Trinajstić information content (AvgIpc) is 2.35. The van der Waals surface area contributed by atoms with Gasteiger partial charge in [0, 0.05) is 17.6 Å². The van der Waals surface area contributed by atoms with E-state index in [9.17, 15) is 4.79 Å². The number of benzene rings is 1. The lowest BCUT2D eigenvalue weighted by atomic mass is 10.1. The molecule has 110 valence electrons. The molecule has 0 aromatic heterocycles. The average molecular weight is 343 g/mol. The highest BCUT2D eigenvalue weighted by Crippen LogP contribution is 2.24. The number of ether oxygens (including phenoxy) is 2. The number of nitrogens with one attached hydrogen (secondary N) is 1. The summed E-state index contributed by atoms with van der Waals surface area (Å²) in [5.74, 6) is -0.0330. The summed E-state index contributed by atoms with van der Waals surface area (Å²) < 4.78 is 12.5. The van der Waals surface area contributed by atoms with Gasteiger partial charge in [-0.3, -0.25) is 4.79 Å². The van der Waals surface area contributed by atoms with E-state index in [1.54, 1.807) is 18.2 Å². The van der Waals surface area contributed by atoms with E-state index in [2.05, 4.69) is 21.2 Å². The van der Waals surface area contributed by atoms with Gasteiger partial charge in [-0.2, -0.15) is 0 Å². The van der Waals surface area contributed by atoms with E-state index in [0.717, 1.165) is 17.6 Å². The van der Waals surface area contributed by atoms with Crippen molar-refractivity contribution in [3.05, 3.63) is 28.2 Å². The molecule has 1 amide bonds. The number of nitrogens with two attached hydrogens (primary N) is 1. The summed E-state index contributed by atoms with van der Waals surface area (Å²) in [6.45, 7) is 5.96. The van der Waals surface area contributed by atoms with Crippen molar-refractivity contribution in [2.75, 3.05) is 19.7 Å². The molecule has 20 heavy (non-hydrogen) atoms. The molecule has 1 aromatic carbocycles. The van der Waals surface area contributed by atoms with Crippen molar-refractivity contribution in [2.24, 2.45) is 5.73 Å². The first-order chi connectivity index (χ1) is 9.37. The minimum absolute atomic E-state index is 0.0570. The van der Waals surface area contributed by atoms with Gasteiger partial charge in [-0.1, -0.05) is 15.9 Å². The fourth-order valence-electron chi connectivity index (χ4n) is 2.16. The van der Waals surface area contributed by atoms with Crippen molar-refractivity contribution in [3.8, 4) is 5.75 Å². The van der Waals surface area contributed by atoms with Crippen LogP contribution >= 0.6 is 15.9 Å². The van der Waals surface area contributed by atoms with E-state index in [4.69, 9.17) is 15.2 Å². The minimum atomic E-state index is -0.504. The first-order valence-corrected chi connectivity index (χ1v) is 7.27. The lowest BCUT2D eigenvalue weighted by Gasteiger charge is -2.36. The summed E-state index contributed by atoms with van der Waals surface area (Å²) in [5.41, 5.74) is 5.50. The largest absolute Gasteiger partial charge is 0.490 e. The number of carbonyl (C=O) groups excluding carboxylic acids is 1. The van der Waals surface area contributed by atoms with Crippen LogP contribution in [0.25, 0.3) is 0 Å². The van der Waals surface area contributed by atoms with E-state index in [0.29, 0.717) is 17.9 Å². The fraction of sp³-hybridized carbons (Fsp3) is 0.500.